The smallest absolute Gasteiger partial charge is 0.417 e. The molecule has 292 valence electrons. The summed E-state index contributed by atoms with van der Waals surface area (Å²) >= 11 is 0. The van der Waals surface area contributed by atoms with Gasteiger partial charge in [0.25, 0.3) is 5.92 Å². The zero-order valence-corrected chi connectivity index (χ0v) is 31.3. The molecule has 0 radical (unpaired) electrons. The number of carbonyl (C=O) groups excluding carboxylic acids is 3. The monoisotopic (exact) mass is 751 g/mol. The summed E-state index contributed by atoms with van der Waals surface area (Å²) in [5.74, 6) is -6.54. The molecule has 6 rings (SSSR count). The molecule has 9 nitrogen and oxygen atoms in total. The number of methoxy groups -OCH3 is 1. The number of alkyl carbamates (subject to hydrolysis) is 1. The summed E-state index contributed by atoms with van der Waals surface area (Å²) in [6, 6.07) is 1.29. The predicted octanol–water partition coefficient (Wildman–Crippen LogP) is 8.30. The summed E-state index contributed by atoms with van der Waals surface area (Å²) in [5.41, 5.74) is -4.03. The summed E-state index contributed by atoms with van der Waals surface area (Å²) < 4.78 is 96.0. The van der Waals surface area contributed by atoms with Crippen molar-refractivity contribution in [2.75, 3.05) is 13.7 Å². The third-order valence-corrected chi connectivity index (χ3v) is 11.7. The lowest BCUT2D eigenvalue weighted by molar-refractivity contribution is -0.143. The minimum atomic E-state index is -5.23. The SMILES string of the molecule is CCC1C2CN(C(=O)C(C(C)(C)C)NC(=O)OC3CC4CC4C3CCCCC(F)(F)c3c(nc4cc(OC)ccc4c3C(F)(F)F)O2)C1C(=O)C(C)C. The van der Waals surface area contributed by atoms with Crippen LogP contribution in [-0.4, -0.2) is 65.6 Å². The van der Waals surface area contributed by atoms with Crippen LogP contribution in [0.1, 0.15) is 97.6 Å². The number of rotatable bonds is 4. The van der Waals surface area contributed by atoms with Crippen molar-refractivity contribution in [3.8, 4) is 11.6 Å². The van der Waals surface area contributed by atoms with Crippen LogP contribution in [0.5, 0.6) is 11.6 Å². The van der Waals surface area contributed by atoms with Gasteiger partial charge in [-0.25, -0.2) is 18.6 Å². The number of hydrogen-bond donors (Lipinski definition) is 1. The standard InChI is InChI=1S/C39H50F5N3O6/c1-8-22-28-18-47(31(22)32(48)19(2)3)35(49)33(37(4,5)6)46-36(50)53-27-16-20-15-25(20)23(27)11-9-10-14-38(40,41)30-29(39(42,43)44)24-13-12-21(51-7)17-26(24)45-34(30)52-28/h12-13,17,19-20,22-23,25,27-28,31,33H,8-11,14-16,18H2,1-7H3,(H,46,50). The van der Waals surface area contributed by atoms with E-state index in [0.29, 0.717) is 18.8 Å². The number of fused-ring (bicyclic) bond motifs is 7. The van der Waals surface area contributed by atoms with Gasteiger partial charge in [0.15, 0.2) is 5.78 Å². The van der Waals surface area contributed by atoms with Crippen LogP contribution in [0.2, 0.25) is 0 Å². The Morgan fingerprint density at radius 3 is 2.42 bits per heavy atom. The molecule has 1 aromatic heterocycles. The van der Waals surface area contributed by atoms with Crippen LogP contribution in [0.15, 0.2) is 18.2 Å². The van der Waals surface area contributed by atoms with Crippen LogP contribution in [-0.2, 0) is 26.4 Å². The summed E-state index contributed by atoms with van der Waals surface area (Å²) in [7, 11) is 1.32. The molecule has 2 amide bonds. The third-order valence-electron chi connectivity index (χ3n) is 11.7. The molecule has 3 fully saturated rings. The Morgan fingerprint density at radius 1 is 1.08 bits per heavy atom. The zero-order valence-electron chi connectivity index (χ0n) is 31.3. The maximum Gasteiger partial charge on any atom is 0.417 e. The van der Waals surface area contributed by atoms with Gasteiger partial charge >= 0.3 is 12.3 Å². The molecule has 2 aliphatic carbocycles. The van der Waals surface area contributed by atoms with E-state index in [1.54, 1.807) is 41.5 Å². The number of nitrogens with zero attached hydrogens (tertiary/aromatic N) is 2. The number of nitrogens with one attached hydrogen (secondary N) is 1. The number of ketones is 1. The van der Waals surface area contributed by atoms with E-state index in [9.17, 15) is 14.4 Å². The number of amides is 2. The van der Waals surface area contributed by atoms with Gasteiger partial charge in [-0.1, -0.05) is 48.0 Å². The van der Waals surface area contributed by atoms with Gasteiger partial charge < -0.3 is 24.4 Å². The average Bonchev–Trinajstić information content (AvgIpc) is 3.61. The maximum atomic E-state index is 16.6. The Balaban J connectivity index is 1.53. The van der Waals surface area contributed by atoms with E-state index in [1.807, 2.05) is 0 Å². The predicted molar refractivity (Wildman–Crippen MR) is 186 cm³/mol. The number of ether oxygens (including phenoxy) is 3. The fourth-order valence-electron chi connectivity index (χ4n) is 8.94. The molecule has 3 heterocycles. The highest BCUT2D eigenvalue weighted by molar-refractivity contribution is 5.94. The number of aromatic nitrogens is 1. The first-order valence-corrected chi connectivity index (χ1v) is 18.7. The van der Waals surface area contributed by atoms with Crippen molar-refractivity contribution in [1.82, 2.24) is 15.2 Å². The maximum absolute atomic E-state index is 16.6. The van der Waals surface area contributed by atoms with Gasteiger partial charge in [0.05, 0.1) is 36.3 Å². The lowest BCUT2D eigenvalue weighted by atomic mass is 9.84. The first-order chi connectivity index (χ1) is 24.8. The minimum Gasteiger partial charge on any atom is -0.497 e. The topological polar surface area (TPSA) is 107 Å². The van der Waals surface area contributed by atoms with Gasteiger partial charge in [0.2, 0.25) is 11.8 Å². The summed E-state index contributed by atoms with van der Waals surface area (Å²) in [6.07, 6.45) is -6.17. The highest BCUT2D eigenvalue weighted by Crippen LogP contribution is 2.58. The molecule has 1 N–H and O–H groups in total. The third kappa shape index (κ3) is 7.52. The van der Waals surface area contributed by atoms with Crippen LogP contribution >= 0.6 is 0 Å². The number of hydrogen-bond acceptors (Lipinski definition) is 7. The molecule has 2 saturated carbocycles. The number of halogens is 5. The van der Waals surface area contributed by atoms with Gasteiger partial charge in [-0.3, -0.25) is 9.59 Å². The summed E-state index contributed by atoms with van der Waals surface area (Å²) in [5, 5.41) is 2.26. The van der Waals surface area contributed by atoms with E-state index < -0.39 is 94.5 Å². The van der Waals surface area contributed by atoms with Gasteiger partial charge in [0.1, 0.15) is 24.0 Å². The van der Waals surface area contributed by atoms with E-state index in [0.717, 1.165) is 12.5 Å². The molecule has 1 aromatic carbocycles. The molecular formula is C39H50F5N3O6. The molecule has 1 saturated heterocycles. The van der Waals surface area contributed by atoms with E-state index in [-0.39, 0.29) is 54.7 Å². The Bertz CT molecular complexity index is 1740. The molecule has 8 unspecified atom stereocenters. The van der Waals surface area contributed by atoms with Gasteiger partial charge in [-0.05, 0) is 67.4 Å². The normalized spacial score (nSPS) is 30.7. The average molecular weight is 752 g/mol. The van der Waals surface area contributed by atoms with Crippen molar-refractivity contribution in [2.24, 2.45) is 35.0 Å². The number of carbonyl (C=O) groups is 3. The number of alkyl halides is 5. The summed E-state index contributed by atoms with van der Waals surface area (Å²) in [4.78, 5) is 47.6. The largest absolute Gasteiger partial charge is 0.497 e. The molecule has 53 heavy (non-hydrogen) atoms. The highest BCUT2D eigenvalue weighted by Gasteiger charge is 2.56. The molecule has 8 atom stereocenters. The lowest BCUT2D eigenvalue weighted by Gasteiger charge is -2.36. The second-order valence-corrected chi connectivity index (χ2v) is 16.7. The van der Waals surface area contributed by atoms with Crippen molar-refractivity contribution in [3.05, 3.63) is 29.3 Å². The molecule has 2 aliphatic heterocycles. The minimum absolute atomic E-state index is 0.0957. The van der Waals surface area contributed by atoms with E-state index in [4.69, 9.17) is 14.2 Å². The molecule has 2 bridgehead atoms. The van der Waals surface area contributed by atoms with Crippen molar-refractivity contribution in [3.63, 3.8) is 0 Å². The Labute approximate surface area is 306 Å². The Kier molecular flexibility index (Phi) is 10.4. The molecule has 4 aliphatic rings. The Morgan fingerprint density at radius 2 is 1.79 bits per heavy atom. The molecular weight excluding hydrogens is 701 g/mol. The number of pyridine rings is 1. The number of Topliss-reactive ketones (excluding diaryl/α,β-unsaturated/α-hetero) is 1. The first kappa shape index (κ1) is 39.0. The second kappa shape index (κ2) is 14.2. The van der Waals surface area contributed by atoms with Crippen molar-refractivity contribution in [2.45, 2.75) is 123 Å². The van der Waals surface area contributed by atoms with Crippen molar-refractivity contribution >= 4 is 28.7 Å². The molecule has 0 spiro atoms. The summed E-state index contributed by atoms with van der Waals surface area (Å²) in [6.45, 7) is 10.0. The van der Waals surface area contributed by atoms with E-state index in [1.165, 1.54) is 24.1 Å². The highest BCUT2D eigenvalue weighted by atomic mass is 19.4. The van der Waals surface area contributed by atoms with Crippen LogP contribution in [0.25, 0.3) is 10.9 Å². The molecule has 2 aromatic rings. The van der Waals surface area contributed by atoms with E-state index in [2.05, 4.69) is 10.3 Å². The first-order valence-electron chi connectivity index (χ1n) is 18.7. The fraction of sp³-hybridized carbons (Fsp3) is 0.692. The van der Waals surface area contributed by atoms with Crippen LogP contribution in [0.3, 0.4) is 0 Å². The van der Waals surface area contributed by atoms with Crippen LogP contribution < -0.4 is 14.8 Å². The molecule has 14 heteroatoms. The fourth-order valence-corrected chi connectivity index (χ4v) is 8.94. The van der Waals surface area contributed by atoms with Gasteiger partial charge in [-0.15, -0.1) is 0 Å². The quantitative estimate of drug-likeness (QED) is 0.314. The lowest BCUT2D eigenvalue weighted by Crippen LogP contribution is -2.58. The number of benzene rings is 1. The van der Waals surface area contributed by atoms with Crippen molar-refractivity contribution in [1.29, 1.82) is 0 Å². The second-order valence-electron chi connectivity index (χ2n) is 16.7. The van der Waals surface area contributed by atoms with Crippen LogP contribution in [0.4, 0.5) is 26.7 Å². The van der Waals surface area contributed by atoms with Crippen LogP contribution in [0, 0.1) is 35.0 Å². The van der Waals surface area contributed by atoms with Gasteiger partial charge in [0, 0.05) is 29.7 Å². The van der Waals surface area contributed by atoms with E-state index >= 15 is 22.0 Å². The van der Waals surface area contributed by atoms with Crippen molar-refractivity contribution < 1.29 is 50.5 Å². The van der Waals surface area contributed by atoms with Gasteiger partial charge in [-0.2, -0.15) is 13.2 Å². The zero-order chi connectivity index (χ0) is 38.8. The Hall–Kier alpha value is -3.71.